The number of nitrogens with zero attached hydrogens (tertiary/aromatic N) is 5. The van der Waals surface area contributed by atoms with E-state index in [-0.39, 0.29) is 6.10 Å². The van der Waals surface area contributed by atoms with E-state index in [0.29, 0.717) is 6.54 Å². The van der Waals surface area contributed by atoms with Crippen LogP contribution in [0.1, 0.15) is 18.2 Å². The number of hydrogen-bond donors (Lipinski definition) is 1. The summed E-state index contributed by atoms with van der Waals surface area (Å²) in [4.78, 5) is 12.2. The summed E-state index contributed by atoms with van der Waals surface area (Å²) in [6.07, 6.45) is 4.11. The highest BCUT2D eigenvalue weighted by atomic mass is 32.1. The maximum absolute atomic E-state index is 5.57. The molecule has 1 aliphatic rings. The molecule has 1 aliphatic heterocycles. The van der Waals surface area contributed by atoms with Crippen molar-refractivity contribution in [3.8, 4) is 0 Å². The summed E-state index contributed by atoms with van der Waals surface area (Å²) < 4.78 is 7.38. The van der Waals surface area contributed by atoms with Gasteiger partial charge in [0.25, 0.3) is 0 Å². The van der Waals surface area contributed by atoms with Crippen LogP contribution in [0.2, 0.25) is 0 Å². The zero-order valence-electron chi connectivity index (χ0n) is 13.8. The van der Waals surface area contributed by atoms with Crippen molar-refractivity contribution in [2.75, 3.05) is 29.9 Å². The molecular weight excluding hydrogens is 324 g/mol. The van der Waals surface area contributed by atoms with Crippen molar-refractivity contribution in [2.45, 2.75) is 26.5 Å². The molecule has 24 heavy (non-hydrogen) atoms. The predicted molar refractivity (Wildman–Crippen MR) is 94.8 cm³/mol. The highest BCUT2D eigenvalue weighted by Crippen LogP contribution is 2.20. The summed E-state index contributed by atoms with van der Waals surface area (Å²) in [6.45, 7) is 7.31. The predicted octanol–water partition coefficient (Wildman–Crippen LogP) is 2.33. The summed E-state index contributed by atoms with van der Waals surface area (Å²) >= 11 is 1.55. The van der Waals surface area contributed by atoms with Gasteiger partial charge in [-0.25, -0.2) is 14.5 Å². The fraction of sp³-hybridized carbons (Fsp3) is 0.438. The van der Waals surface area contributed by atoms with Crippen LogP contribution in [0.3, 0.4) is 0 Å². The Balaban J connectivity index is 1.38. The maximum atomic E-state index is 5.57. The molecule has 3 aromatic rings. The minimum atomic E-state index is 0.259. The minimum absolute atomic E-state index is 0.259. The summed E-state index contributed by atoms with van der Waals surface area (Å²) in [5.41, 5.74) is 2.11. The molecule has 0 bridgehead atoms. The summed E-state index contributed by atoms with van der Waals surface area (Å²) in [7, 11) is 0. The van der Waals surface area contributed by atoms with Crippen LogP contribution < -0.4 is 10.2 Å². The molecule has 4 rings (SSSR count). The number of imidazole rings is 1. The smallest absolute Gasteiger partial charge is 0.214 e. The molecule has 8 heteroatoms. The molecule has 0 amide bonds. The van der Waals surface area contributed by atoms with Gasteiger partial charge < -0.3 is 15.0 Å². The molecule has 3 aromatic heterocycles. The number of morpholine rings is 1. The maximum Gasteiger partial charge on any atom is 0.214 e. The molecule has 4 heterocycles. The van der Waals surface area contributed by atoms with Crippen molar-refractivity contribution in [2.24, 2.45) is 0 Å². The lowest BCUT2D eigenvalue weighted by Crippen LogP contribution is -2.41. The SMILES string of the molecule is Cc1cn2nc(NCc3ccc(N4CCO[C@H](C)C4)nc3)sc2n1. The molecule has 0 saturated carbocycles. The lowest BCUT2D eigenvalue weighted by Gasteiger charge is -2.32. The zero-order chi connectivity index (χ0) is 16.5. The van der Waals surface area contributed by atoms with Crippen LogP contribution in [0.25, 0.3) is 4.96 Å². The molecule has 0 spiro atoms. The average Bonchev–Trinajstić information content (AvgIpc) is 3.10. The van der Waals surface area contributed by atoms with Crippen molar-refractivity contribution in [1.82, 2.24) is 19.6 Å². The van der Waals surface area contributed by atoms with Gasteiger partial charge in [-0.2, -0.15) is 0 Å². The van der Waals surface area contributed by atoms with Gasteiger partial charge in [0, 0.05) is 25.8 Å². The standard InChI is InChI=1S/C16H20N6OS/c1-11-9-22-16(19-11)24-15(20-22)18-8-13-3-4-14(17-7-13)21-5-6-23-12(2)10-21/h3-4,7,9,12H,5-6,8,10H2,1-2H3,(H,18,20)/t12-/m1/s1. The number of hydrogen-bond acceptors (Lipinski definition) is 7. The van der Waals surface area contributed by atoms with Gasteiger partial charge >= 0.3 is 0 Å². The molecule has 0 unspecified atom stereocenters. The van der Waals surface area contributed by atoms with Crippen LogP contribution in [0.5, 0.6) is 0 Å². The first-order valence-corrected chi connectivity index (χ1v) is 8.87. The molecule has 0 radical (unpaired) electrons. The molecular formula is C16H20N6OS. The van der Waals surface area contributed by atoms with Gasteiger partial charge in [0.1, 0.15) is 5.82 Å². The first-order chi connectivity index (χ1) is 11.7. The van der Waals surface area contributed by atoms with E-state index in [9.17, 15) is 0 Å². The van der Waals surface area contributed by atoms with Crippen molar-refractivity contribution in [3.05, 3.63) is 35.8 Å². The van der Waals surface area contributed by atoms with E-state index in [1.165, 1.54) is 0 Å². The number of ether oxygens (including phenoxy) is 1. The number of pyridine rings is 1. The summed E-state index contributed by atoms with van der Waals surface area (Å²) in [6, 6.07) is 4.19. The fourth-order valence-electron chi connectivity index (χ4n) is 2.79. The van der Waals surface area contributed by atoms with E-state index in [0.717, 1.165) is 46.9 Å². The molecule has 7 nitrogen and oxygen atoms in total. The van der Waals surface area contributed by atoms with Gasteiger partial charge in [-0.1, -0.05) is 17.4 Å². The van der Waals surface area contributed by atoms with Crippen LogP contribution in [-0.4, -0.2) is 45.4 Å². The normalized spacial score (nSPS) is 18.2. The van der Waals surface area contributed by atoms with Crippen molar-refractivity contribution >= 4 is 27.2 Å². The lowest BCUT2D eigenvalue weighted by molar-refractivity contribution is 0.0529. The molecule has 0 aliphatic carbocycles. The number of aryl methyl sites for hydroxylation is 1. The Morgan fingerprint density at radius 1 is 1.42 bits per heavy atom. The molecule has 1 atom stereocenters. The second-order valence-corrected chi connectivity index (χ2v) is 6.98. The number of aromatic nitrogens is 4. The highest BCUT2D eigenvalue weighted by Gasteiger charge is 2.17. The first kappa shape index (κ1) is 15.3. The average molecular weight is 344 g/mol. The van der Waals surface area contributed by atoms with Gasteiger partial charge in [-0.3, -0.25) is 0 Å². The van der Waals surface area contributed by atoms with Crippen LogP contribution in [0, 0.1) is 6.92 Å². The third-order valence-corrected chi connectivity index (χ3v) is 4.86. The largest absolute Gasteiger partial charge is 0.375 e. The minimum Gasteiger partial charge on any atom is -0.375 e. The third-order valence-electron chi connectivity index (χ3n) is 3.98. The van der Waals surface area contributed by atoms with Gasteiger partial charge in [-0.15, -0.1) is 5.10 Å². The molecule has 126 valence electrons. The van der Waals surface area contributed by atoms with Crippen molar-refractivity contribution in [1.29, 1.82) is 0 Å². The van der Waals surface area contributed by atoms with Crippen LogP contribution in [0.4, 0.5) is 10.9 Å². The van der Waals surface area contributed by atoms with E-state index >= 15 is 0 Å². The van der Waals surface area contributed by atoms with Crippen LogP contribution in [-0.2, 0) is 11.3 Å². The topological polar surface area (TPSA) is 67.6 Å². The van der Waals surface area contributed by atoms with Crippen molar-refractivity contribution < 1.29 is 4.74 Å². The fourth-order valence-corrected chi connectivity index (χ4v) is 3.62. The third kappa shape index (κ3) is 3.20. The van der Waals surface area contributed by atoms with Crippen molar-refractivity contribution in [3.63, 3.8) is 0 Å². The highest BCUT2D eigenvalue weighted by molar-refractivity contribution is 7.20. The van der Waals surface area contributed by atoms with Gasteiger partial charge in [0.05, 0.1) is 24.6 Å². The summed E-state index contributed by atoms with van der Waals surface area (Å²) in [5, 5.41) is 8.67. The first-order valence-electron chi connectivity index (χ1n) is 8.05. The van der Waals surface area contributed by atoms with E-state index in [1.807, 2.05) is 23.8 Å². The molecule has 1 saturated heterocycles. The number of rotatable bonds is 4. The summed E-state index contributed by atoms with van der Waals surface area (Å²) in [5.74, 6) is 1.01. The van der Waals surface area contributed by atoms with Crippen LogP contribution >= 0.6 is 11.3 Å². The number of anilines is 2. The second kappa shape index (κ2) is 6.37. The van der Waals surface area contributed by atoms with Crippen LogP contribution in [0.15, 0.2) is 24.5 Å². The monoisotopic (exact) mass is 344 g/mol. The quantitative estimate of drug-likeness (QED) is 0.783. The Labute approximate surface area is 144 Å². The Morgan fingerprint density at radius 2 is 2.33 bits per heavy atom. The van der Waals surface area contributed by atoms with E-state index in [1.54, 1.807) is 11.3 Å². The molecule has 1 fully saturated rings. The van der Waals surface area contributed by atoms with Gasteiger partial charge in [-0.05, 0) is 25.5 Å². The Hall–Kier alpha value is -2.19. The Kier molecular flexibility index (Phi) is 4.07. The second-order valence-electron chi connectivity index (χ2n) is 6.02. The molecule has 0 aromatic carbocycles. The van der Waals surface area contributed by atoms with E-state index in [2.05, 4.69) is 44.3 Å². The Morgan fingerprint density at radius 3 is 3.08 bits per heavy atom. The molecule has 1 N–H and O–H groups in total. The van der Waals surface area contributed by atoms with Gasteiger partial charge in [0.15, 0.2) is 0 Å². The van der Waals surface area contributed by atoms with Gasteiger partial charge in [0.2, 0.25) is 10.1 Å². The number of nitrogens with one attached hydrogen (secondary N) is 1. The lowest BCUT2D eigenvalue weighted by atomic mass is 10.2. The number of fused-ring (bicyclic) bond motifs is 1. The Bertz CT molecular complexity index is 795. The van der Waals surface area contributed by atoms with E-state index < -0.39 is 0 Å². The van der Waals surface area contributed by atoms with E-state index in [4.69, 9.17) is 4.74 Å². The zero-order valence-corrected chi connectivity index (χ0v) is 14.6.